The number of rotatable bonds is 7. The van der Waals surface area contributed by atoms with E-state index in [-0.39, 0.29) is 0 Å². The Labute approximate surface area is 114 Å². The molecule has 5 heteroatoms. The van der Waals surface area contributed by atoms with Crippen molar-refractivity contribution in [2.45, 2.75) is 13.8 Å². The molecular weight excluding hydrogens is 242 g/mol. The topological polar surface area (TPSA) is 81.6 Å². The Kier molecular flexibility index (Phi) is 5.63. The summed E-state index contributed by atoms with van der Waals surface area (Å²) in [4.78, 5) is 13.7. The van der Waals surface area contributed by atoms with Crippen LogP contribution in [-0.4, -0.2) is 32.7 Å². The monoisotopic (exact) mass is 265 g/mol. The number of nitrogens with zero attached hydrogens (tertiary/aromatic N) is 1. The van der Waals surface area contributed by atoms with Crippen LogP contribution in [0, 0.1) is 5.92 Å². The van der Waals surface area contributed by atoms with E-state index >= 15 is 0 Å². The van der Waals surface area contributed by atoms with Gasteiger partial charge in [0.05, 0.1) is 12.2 Å². The highest BCUT2D eigenvalue weighted by molar-refractivity contribution is 5.99. The number of nitrogen functional groups attached to an aromatic ring is 1. The van der Waals surface area contributed by atoms with Crippen LogP contribution in [0.5, 0.6) is 0 Å². The molecule has 5 nitrogen and oxygen atoms in total. The highest BCUT2D eigenvalue weighted by Gasteiger charge is 2.16. The summed E-state index contributed by atoms with van der Waals surface area (Å²) < 4.78 is 5.12. The molecule has 0 atom stereocenters. The van der Waals surface area contributed by atoms with E-state index in [0.29, 0.717) is 30.3 Å². The van der Waals surface area contributed by atoms with Crippen LogP contribution in [-0.2, 0) is 4.74 Å². The second kappa shape index (κ2) is 6.99. The third-order valence-corrected chi connectivity index (χ3v) is 2.78. The standard InChI is InChI=1S/C14H23N3O2/c1-10(2)9-17(6-7-19-3)13-5-4-11(15)8-12(13)14(16)18/h4-5,8,10H,6-7,9,15H2,1-3H3,(H2,16,18). The van der Waals surface area contributed by atoms with Gasteiger partial charge in [-0.15, -0.1) is 0 Å². The second-order valence-electron chi connectivity index (χ2n) is 4.97. The maximum Gasteiger partial charge on any atom is 0.250 e. The smallest absolute Gasteiger partial charge is 0.250 e. The number of ether oxygens (including phenoxy) is 1. The van der Waals surface area contributed by atoms with Crippen molar-refractivity contribution in [1.82, 2.24) is 0 Å². The lowest BCUT2D eigenvalue weighted by molar-refractivity contribution is 0.100. The fourth-order valence-corrected chi connectivity index (χ4v) is 1.98. The van der Waals surface area contributed by atoms with E-state index in [0.717, 1.165) is 12.2 Å². The van der Waals surface area contributed by atoms with Crippen LogP contribution in [0.25, 0.3) is 0 Å². The van der Waals surface area contributed by atoms with Gasteiger partial charge in [-0.3, -0.25) is 4.79 Å². The summed E-state index contributed by atoms with van der Waals surface area (Å²) in [6.07, 6.45) is 0. The summed E-state index contributed by atoms with van der Waals surface area (Å²) in [6, 6.07) is 5.24. The highest BCUT2D eigenvalue weighted by Crippen LogP contribution is 2.23. The number of hydrogen-bond acceptors (Lipinski definition) is 4. The van der Waals surface area contributed by atoms with Gasteiger partial charge in [0.1, 0.15) is 0 Å². The van der Waals surface area contributed by atoms with Gasteiger partial charge < -0.3 is 21.1 Å². The second-order valence-corrected chi connectivity index (χ2v) is 4.97. The summed E-state index contributed by atoms with van der Waals surface area (Å²) in [7, 11) is 1.66. The van der Waals surface area contributed by atoms with Gasteiger partial charge >= 0.3 is 0 Å². The Morgan fingerprint density at radius 3 is 2.63 bits per heavy atom. The van der Waals surface area contributed by atoms with E-state index in [9.17, 15) is 4.79 Å². The summed E-state index contributed by atoms with van der Waals surface area (Å²) in [5.41, 5.74) is 12.9. The molecule has 0 aromatic heterocycles. The Morgan fingerprint density at radius 1 is 1.42 bits per heavy atom. The van der Waals surface area contributed by atoms with Crippen LogP contribution in [0.1, 0.15) is 24.2 Å². The molecule has 0 saturated heterocycles. The van der Waals surface area contributed by atoms with Gasteiger partial charge in [0, 0.05) is 31.6 Å². The Balaban J connectivity index is 3.09. The van der Waals surface area contributed by atoms with Gasteiger partial charge in [0.2, 0.25) is 0 Å². The zero-order valence-electron chi connectivity index (χ0n) is 11.8. The lowest BCUT2D eigenvalue weighted by atomic mass is 10.1. The van der Waals surface area contributed by atoms with Gasteiger partial charge in [-0.1, -0.05) is 13.8 Å². The maximum absolute atomic E-state index is 11.5. The summed E-state index contributed by atoms with van der Waals surface area (Å²) in [5.74, 6) is 0.00334. The molecule has 0 radical (unpaired) electrons. The van der Waals surface area contributed by atoms with Crippen LogP contribution in [0.3, 0.4) is 0 Å². The molecule has 19 heavy (non-hydrogen) atoms. The van der Waals surface area contributed by atoms with Crippen LogP contribution in [0.2, 0.25) is 0 Å². The van der Waals surface area contributed by atoms with Gasteiger partial charge in [0.25, 0.3) is 5.91 Å². The molecule has 1 aromatic carbocycles. The molecule has 1 aromatic rings. The van der Waals surface area contributed by atoms with Crippen molar-refractivity contribution >= 4 is 17.3 Å². The van der Waals surface area contributed by atoms with E-state index in [1.807, 2.05) is 6.07 Å². The van der Waals surface area contributed by atoms with Gasteiger partial charge in [-0.25, -0.2) is 0 Å². The fourth-order valence-electron chi connectivity index (χ4n) is 1.98. The number of carbonyl (C=O) groups is 1. The Hall–Kier alpha value is -1.75. The molecule has 0 spiro atoms. The number of amides is 1. The average Bonchev–Trinajstić information content (AvgIpc) is 2.34. The Morgan fingerprint density at radius 2 is 2.11 bits per heavy atom. The Bertz CT molecular complexity index is 433. The molecule has 1 amide bonds. The number of primary amides is 1. The van der Waals surface area contributed by atoms with Gasteiger partial charge in [0.15, 0.2) is 0 Å². The normalized spacial score (nSPS) is 10.7. The van der Waals surface area contributed by atoms with Crippen molar-refractivity contribution < 1.29 is 9.53 Å². The van der Waals surface area contributed by atoms with E-state index in [4.69, 9.17) is 16.2 Å². The molecule has 0 heterocycles. The minimum Gasteiger partial charge on any atom is -0.399 e. The van der Waals surface area contributed by atoms with E-state index < -0.39 is 5.91 Å². The van der Waals surface area contributed by atoms with Crippen molar-refractivity contribution in [1.29, 1.82) is 0 Å². The molecule has 0 saturated carbocycles. The largest absolute Gasteiger partial charge is 0.399 e. The predicted octanol–water partition coefficient (Wildman–Crippen LogP) is 1.48. The molecule has 0 unspecified atom stereocenters. The van der Waals surface area contributed by atoms with Crippen LogP contribution >= 0.6 is 0 Å². The van der Waals surface area contributed by atoms with E-state index in [1.165, 1.54) is 0 Å². The molecule has 0 fully saturated rings. The minimum absolute atomic E-state index is 0.455. The third-order valence-electron chi connectivity index (χ3n) is 2.78. The maximum atomic E-state index is 11.5. The lowest BCUT2D eigenvalue weighted by Gasteiger charge is -2.28. The summed E-state index contributed by atoms with van der Waals surface area (Å²) in [5, 5.41) is 0. The van der Waals surface area contributed by atoms with Crippen LogP contribution in [0.15, 0.2) is 18.2 Å². The van der Waals surface area contributed by atoms with Gasteiger partial charge in [-0.2, -0.15) is 0 Å². The lowest BCUT2D eigenvalue weighted by Crippen LogP contribution is -2.33. The number of methoxy groups -OCH3 is 1. The molecule has 4 N–H and O–H groups in total. The van der Waals surface area contributed by atoms with Crippen LogP contribution < -0.4 is 16.4 Å². The zero-order chi connectivity index (χ0) is 14.4. The first-order valence-corrected chi connectivity index (χ1v) is 6.39. The van der Waals surface area contributed by atoms with E-state index in [2.05, 4.69) is 18.7 Å². The molecule has 0 aliphatic rings. The zero-order valence-corrected chi connectivity index (χ0v) is 11.8. The van der Waals surface area contributed by atoms with Crippen molar-refractivity contribution in [3.63, 3.8) is 0 Å². The van der Waals surface area contributed by atoms with Crippen LogP contribution in [0.4, 0.5) is 11.4 Å². The molecule has 0 bridgehead atoms. The molecule has 106 valence electrons. The number of hydrogen-bond donors (Lipinski definition) is 2. The molecule has 1 rings (SSSR count). The van der Waals surface area contributed by atoms with Crippen molar-refractivity contribution in [2.75, 3.05) is 37.4 Å². The first kappa shape index (κ1) is 15.3. The number of benzene rings is 1. The van der Waals surface area contributed by atoms with Crippen molar-refractivity contribution in [3.8, 4) is 0 Å². The number of nitrogens with two attached hydrogens (primary N) is 2. The predicted molar refractivity (Wildman–Crippen MR) is 78.3 cm³/mol. The third kappa shape index (κ3) is 4.44. The first-order chi connectivity index (χ1) is 8.95. The number of carbonyl (C=O) groups excluding carboxylic acids is 1. The summed E-state index contributed by atoms with van der Waals surface area (Å²) in [6.45, 7) is 6.38. The molecule has 0 aliphatic carbocycles. The average molecular weight is 265 g/mol. The summed E-state index contributed by atoms with van der Waals surface area (Å²) >= 11 is 0. The van der Waals surface area contributed by atoms with E-state index in [1.54, 1.807) is 19.2 Å². The highest BCUT2D eigenvalue weighted by atomic mass is 16.5. The molecular formula is C14H23N3O2. The first-order valence-electron chi connectivity index (χ1n) is 6.39. The van der Waals surface area contributed by atoms with Crippen molar-refractivity contribution in [3.05, 3.63) is 23.8 Å². The van der Waals surface area contributed by atoms with Gasteiger partial charge in [-0.05, 0) is 24.1 Å². The quantitative estimate of drug-likeness (QED) is 0.732. The van der Waals surface area contributed by atoms with Crippen molar-refractivity contribution in [2.24, 2.45) is 11.7 Å². The number of anilines is 2. The molecule has 0 aliphatic heterocycles. The fraction of sp³-hybridized carbons (Fsp3) is 0.500. The SMILES string of the molecule is COCCN(CC(C)C)c1ccc(N)cc1C(N)=O. The minimum atomic E-state index is -0.464.